The number of nitrogens with one attached hydrogen (secondary N) is 1. The molecule has 176 valence electrons. The van der Waals surface area contributed by atoms with Crippen LogP contribution in [0, 0.1) is 12.8 Å². The summed E-state index contributed by atoms with van der Waals surface area (Å²) in [6.45, 7) is 6.46. The SMILES string of the molecule is Cc1ncsc1CN1CC2(C1)OCCC2CCNC(=O)c1ccco1.O=C(O)C(F)(F)F. The normalized spacial score (nSPS) is 19.8. The molecule has 0 aromatic carbocycles. The number of hydrogen-bond acceptors (Lipinski definition) is 7. The van der Waals surface area contributed by atoms with Crippen molar-refractivity contribution in [2.75, 3.05) is 26.2 Å². The van der Waals surface area contributed by atoms with Gasteiger partial charge in [-0.2, -0.15) is 13.2 Å². The Hall–Kier alpha value is -2.44. The monoisotopic (exact) mass is 475 g/mol. The molecule has 1 unspecified atom stereocenters. The molecule has 8 nitrogen and oxygen atoms in total. The molecule has 0 bridgehead atoms. The Balaban J connectivity index is 0.000000360. The van der Waals surface area contributed by atoms with Crippen molar-refractivity contribution in [3.05, 3.63) is 40.2 Å². The van der Waals surface area contributed by atoms with Gasteiger partial charge in [-0.05, 0) is 37.8 Å². The molecule has 0 radical (unpaired) electrons. The Bertz CT molecular complexity index is 910. The van der Waals surface area contributed by atoms with E-state index in [1.54, 1.807) is 23.5 Å². The van der Waals surface area contributed by atoms with Crippen molar-refractivity contribution in [2.45, 2.75) is 38.1 Å². The van der Waals surface area contributed by atoms with E-state index >= 15 is 0 Å². The second kappa shape index (κ2) is 10.0. The van der Waals surface area contributed by atoms with Gasteiger partial charge in [0, 0.05) is 37.7 Å². The summed E-state index contributed by atoms with van der Waals surface area (Å²) in [6.07, 6.45) is -1.55. The zero-order chi connectivity index (χ0) is 23.4. The van der Waals surface area contributed by atoms with E-state index in [-0.39, 0.29) is 11.5 Å². The van der Waals surface area contributed by atoms with Gasteiger partial charge in [0.2, 0.25) is 0 Å². The Morgan fingerprint density at radius 2 is 2.12 bits per heavy atom. The summed E-state index contributed by atoms with van der Waals surface area (Å²) in [6, 6.07) is 3.41. The lowest BCUT2D eigenvalue weighted by Crippen LogP contribution is -2.64. The Morgan fingerprint density at radius 3 is 2.69 bits per heavy atom. The summed E-state index contributed by atoms with van der Waals surface area (Å²) in [5.74, 6) is -2.03. The maximum absolute atomic E-state index is 11.9. The van der Waals surface area contributed by atoms with Gasteiger partial charge in [-0.25, -0.2) is 9.78 Å². The number of hydrogen-bond donors (Lipinski definition) is 2. The number of rotatable bonds is 6. The quantitative estimate of drug-likeness (QED) is 0.662. The Morgan fingerprint density at radius 1 is 1.41 bits per heavy atom. The molecule has 32 heavy (non-hydrogen) atoms. The Kier molecular flexibility index (Phi) is 7.57. The topological polar surface area (TPSA) is 105 Å². The molecule has 2 fully saturated rings. The number of aliphatic carboxylic acids is 1. The van der Waals surface area contributed by atoms with Gasteiger partial charge in [0.15, 0.2) is 5.76 Å². The van der Waals surface area contributed by atoms with Crippen LogP contribution in [0.25, 0.3) is 0 Å². The average molecular weight is 475 g/mol. The third-order valence-corrected chi connectivity index (χ3v) is 6.48. The molecule has 12 heteroatoms. The summed E-state index contributed by atoms with van der Waals surface area (Å²) >= 11 is 1.72. The number of thiazole rings is 1. The highest BCUT2D eigenvalue weighted by Gasteiger charge is 2.52. The Labute approximate surface area is 186 Å². The van der Waals surface area contributed by atoms with Crippen molar-refractivity contribution in [1.29, 1.82) is 0 Å². The van der Waals surface area contributed by atoms with Crippen LogP contribution < -0.4 is 5.32 Å². The number of carboxylic acids is 1. The molecule has 1 spiro atoms. The fraction of sp³-hybridized carbons (Fsp3) is 0.550. The van der Waals surface area contributed by atoms with Crippen molar-refractivity contribution < 1.29 is 37.0 Å². The minimum atomic E-state index is -5.08. The number of furan rings is 1. The molecule has 2 saturated heterocycles. The highest BCUT2D eigenvalue weighted by molar-refractivity contribution is 7.09. The van der Waals surface area contributed by atoms with Crippen LogP contribution in [0.4, 0.5) is 13.2 Å². The van der Waals surface area contributed by atoms with Gasteiger partial charge < -0.3 is 19.6 Å². The predicted molar refractivity (Wildman–Crippen MR) is 108 cm³/mol. The van der Waals surface area contributed by atoms with Crippen LogP contribution in [-0.4, -0.2) is 64.9 Å². The van der Waals surface area contributed by atoms with Gasteiger partial charge in [-0.3, -0.25) is 9.69 Å². The van der Waals surface area contributed by atoms with Gasteiger partial charge in [0.1, 0.15) is 0 Å². The summed E-state index contributed by atoms with van der Waals surface area (Å²) in [7, 11) is 0. The second-order valence-electron chi connectivity index (χ2n) is 7.73. The van der Waals surface area contributed by atoms with E-state index in [2.05, 4.69) is 22.1 Å². The molecule has 4 rings (SSSR count). The van der Waals surface area contributed by atoms with Crippen LogP contribution in [0.1, 0.15) is 34.0 Å². The standard InChI is InChI=1S/C18H23N3O3S.C2HF3O2/c1-13-16(25-12-20-13)9-21-10-18(11-21)14(5-8-24-18)4-6-19-17(22)15-3-2-7-23-15;3-2(4,5)1(6)7/h2-3,7,12,14H,4-6,8-11H2,1H3,(H,19,22);(H,6,7). The summed E-state index contributed by atoms with van der Waals surface area (Å²) in [5.41, 5.74) is 3.03. The lowest BCUT2D eigenvalue weighted by atomic mass is 9.79. The third kappa shape index (κ3) is 5.87. The number of aromatic nitrogens is 1. The first-order valence-corrected chi connectivity index (χ1v) is 10.9. The number of likely N-dealkylation sites (tertiary alicyclic amines) is 1. The molecule has 2 aromatic rings. The molecule has 1 atom stereocenters. The molecular formula is C20H24F3N3O5S. The number of carbonyl (C=O) groups is 2. The van der Waals surface area contributed by atoms with Crippen molar-refractivity contribution in [2.24, 2.45) is 5.92 Å². The highest BCUT2D eigenvalue weighted by atomic mass is 32.1. The number of alkyl halides is 3. The van der Waals surface area contributed by atoms with Gasteiger partial charge in [0.25, 0.3) is 5.91 Å². The first-order valence-electron chi connectivity index (χ1n) is 9.98. The molecule has 0 aliphatic carbocycles. The third-order valence-electron chi connectivity index (χ3n) is 5.56. The number of amides is 1. The van der Waals surface area contributed by atoms with Gasteiger partial charge >= 0.3 is 12.1 Å². The molecule has 4 heterocycles. The van der Waals surface area contributed by atoms with Crippen LogP contribution in [0.2, 0.25) is 0 Å². The molecule has 0 saturated carbocycles. The van der Waals surface area contributed by atoms with Crippen LogP contribution in [0.3, 0.4) is 0 Å². The molecular weight excluding hydrogens is 451 g/mol. The van der Waals surface area contributed by atoms with Crippen molar-refractivity contribution in [3.8, 4) is 0 Å². The number of carbonyl (C=O) groups excluding carboxylic acids is 1. The van der Waals surface area contributed by atoms with Crippen molar-refractivity contribution in [1.82, 2.24) is 15.2 Å². The molecule has 2 aromatic heterocycles. The van der Waals surface area contributed by atoms with Crippen molar-refractivity contribution >= 4 is 23.2 Å². The maximum Gasteiger partial charge on any atom is 0.490 e. The van der Waals surface area contributed by atoms with E-state index in [1.807, 2.05) is 5.51 Å². The van der Waals surface area contributed by atoms with Gasteiger partial charge in [0.05, 0.1) is 23.1 Å². The minimum absolute atomic E-state index is 0.0198. The van der Waals surface area contributed by atoms with E-state index in [1.165, 1.54) is 11.1 Å². The highest BCUT2D eigenvalue weighted by Crippen LogP contribution is 2.42. The first kappa shape index (κ1) is 24.2. The molecule has 2 aliphatic heterocycles. The minimum Gasteiger partial charge on any atom is -0.475 e. The fourth-order valence-corrected chi connectivity index (χ4v) is 4.72. The molecule has 2 aliphatic rings. The predicted octanol–water partition coefficient (Wildman–Crippen LogP) is 3.09. The number of halogens is 3. The van der Waals surface area contributed by atoms with Crippen LogP contribution in [-0.2, 0) is 16.1 Å². The van der Waals surface area contributed by atoms with Gasteiger partial charge in [-0.1, -0.05) is 0 Å². The number of ether oxygens (including phenoxy) is 1. The lowest BCUT2D eigenvalue weighted by molar-refractivity contribution is -0.192. The van der Waals surface area contributed by atoms with E-state index in [0.29, 0.717) is 18.2 Å². The number of carboxylic acid groups (broad SMARTS) is 1. The van der Waals surface area contributed by atoms with Gasteiger partial charge in [-0.15, -0.1) is 11.3 Å². The smallest absolute Gasteiger partial charge is 0.475 e. The summed E-state index contributed by atoms with van der Waals surface area (Å²) < 4.78 is 43.0. The lowest BCUT2D eigenvalue weighted by Gasteiger charge is -2.50. The zero-order valence-electron chi connectivity index (χ0n) is 17.4. The van der Waals surface area contributed by atoms with Crippen molar-refractivity contribution in [3.63, 3.8) is 0 Å². The van der Waals surface area contributed by atoms with E-state index < -0.39 is 12.1 Å². The van der Waals surface area contributed by atoms with E-state index in [9.17, 15) is 18.0 Å². The van der Waals surface area contributed by atoms with E-state index in [0.717, 1.165) is 44.8 Å². The summed E-state index contributed by atoms with van der Waals surface area (Å²) in [5, 5.41) is 10.1. The zero-order valence-corrected chi connectivity index (χ0v) is 18.2. The molecule has 2 N–H and O–H groups in total. The second-order valence-corrected chi connectivity index (χ2v) is 8.67. The first-order chi connectivity index (χ1) is 15.1. The van der Waals surface area contributed by atoms with Crippen LogP contribution in [0.5, 0.6) is 0 Å². The van der Waals surface area contributed by atoms with Crippen LogP contribution >= 0.6 is 11.3 Å². The number of nitrogens with zero attached hydrogens (tertiary/aromatic N) is 2. The average Bonchev–Trinajstić information content (AvgIpc) is 3.43. The fourth-order valence-electron chi connectivity index (χ4n) is 3.90. The maximum atomic E-state index is 11.9. The van der Waals surface area contributed by atoms with Crippen LogP contribution in [0.15, 0.2) is 28.3 Å². The molecule has 1 amide bonds. The largest absolute Gasteiger partial charge is 0.490 e. The van der Waals surface area contributed by atoms with E-state index in [4.69, 9.17) is 19.1 Å². The summed E-state index contributed by atoms with van der Waals surface area (Å²) in [4.78, 5) is 28.9. The number of aryl methyl sites for hydroxylation is 1.